The summed E-state index contributed by atoms with van der Waals surface area (Å²) in [5.74, 6) is -0.991. The van der Waals surface area contributed by atoms with Gasteiger partial charge in [0.1, 0.15) is 6.04 Å². The van der Waals surface area contributed by atoms with Crippen LogP contribution < -0.4 is 5.73 Å². The number of carbonyl (C=O) groups is 1. The SMILES string of the molecule is NC(Cc1c[nH]c2ccc(-c3ccncc3)cc12)C(=O)O. The highest BCUT2D eigenvalue weighted by Gasteiger charge is 2.15. The molecule has 5 heteroatoms. The van der Waals surface area contributed by atoms with E-state index in [9.17, 15) is 4.79 Å². The fourth-order valence-electron chi connectivity index (χ4n) is 2.40. The predicted molar refractivity (Wildman–Crippen MR) is 80.8 cm³/mol. The number of hydrogen-bond donors (Lipinski definition) is 3. The van der Waals surface area contributed by atoms with Crippen molar-refractivity contribution in [2.75, 3.05) is 0 Å². The second-order valence-corrected chi connectivity index (χ2v) is 4.96. The van der Waals surface area contributed by atoms with Crippen molar-refractivity contribution in [1.29, 1.82) is 0 Å². The third-order valence-corrected chi connectivity index (χ3v) is 3.54. The number of aromatic amines is 1. The molecule has 0 bridgehead atoms. The Kier molecular flexibility index (Phi) is 3.41. The van der Waals surface area contributed by atoms with Crippen LogP contribution in [0.2, 0.25) is 0 Å². The normalized spacial score (nSPS) is 12.4. The third kappa shape index (κ3) is 2.64. The maximum atomic E-state index is 10.9. The van der Waals surface area contributed by atoms with Crippen LogP contribution in [0.15, 0.2) is 48.9 Å². The second kappa shape index (κ2) is 5.38. The van der Waals surface area contributed by atoms with Crippen LogP contribution in [-0.4, -0.2) is 27.1 Å². The Morgan fingerprint density at radius 3 is 2.71 bits per heavy atom. The molecule has 106 valence electrons. The van der Waals surface area contributed by atoms with Gasteiger partial charge in [0.05, 0.1) is 0 Å². The Bertz CT molecular complexity index is 781. The molecule has 0 spiro atoms. The van der Waals surface area contributed by atoms with Gasteiger partial charge < -0.3 is 15.8 Å². The minimum atomic E-state index is -0.991. The lowest BCUT2D eigenvalue weighted by Gasteiger charge is -2.06. The summed E-state index contributed by atoms with van der Waals surface area (Å²) >= 11 is 0. The molecule has 3 aromatic rings. The molecule has 1 aromatic carbocycles. The molecule has 0 saturated heterocycles. The Balaban J connectivity index is 2.02. The zero-order valence-corrected chi connectivity index (χ0v) is 11.3. The van der Waals surface area contributed by atoms with Crippen LogP contribution in [0.5, 0.6) is 0 Å². The molecular formula is C16H15N3O2. The molecular weight excluding hydrogens is 266 g/mol. The van der Waals surface area contributed by atoms with Gasteiger partial charge in [-0.05, 0) is 41.0 Å². The van der Waals surface area contributed by atoms with Crippen molar-refractivity contribution < 1.29 is 9.90 Å². The molecule has 0 aliphatic heterocycles. The summed E-state index contributed by atoms with van der Waals surface area (Å²) in [6.45, 7) is 0. The summed E-state index contributed by atoms with van der Waals surface area (Å²) in [4.78, 5) is 18.1. The number of carboxylic acids is 1. The van der Waals surface area contributed by atoms with Gasteiger partial charge in [0.2, 0.25) is 0 Å². The summed E-state index contributed by atoms with van der Waals surface area (Å²) in [5, 5.41) is 9.94. The van der Waals surface area contributed by atoms with Gasteiger partial charge in [0, 0.05) is 35.9 Å². The lowest BCUT2D eigenvalue weighted by atomic mass is 10.0. The lowest BCUT2D eigenvalue weighted by Crippen LogP contribution is -2.32. The molecule has 1 atom stereocenters. The van der Waals surface area contributed by atoms with Crippen LogP contribution in [-0.2, 0) is 11.2 Å². The Labute approximate surface area is 121 Å². The van der Waals surface area contributed by atoms with E-state index < -0.39 is 12.0 Å². The van der Waals surface area contributed by atoms with Crippen molar-refractivity contribution in [3.63, 3.8) is 0 Å². The zero-order chi connectivity index (χ0) is 14.8. The first-order chi connectivity index (χ1) is 10.1. The standard InChI is InChI=1S/C16H15N3O2/c17-14(16(20)21)8-12-9-19-15-2-1-11(7-13(12)15)10-3-5-18-6-4-10/h1-7,9,14,19H,8,17H2,(H,20,21). The van der Waals surface area contributed by atoms with Gasteiger partial charge in [-0.2, -0.15) is 0 Å². The number of hydrogen-bond acceptors (Lipinski definition) is 3. The Morgan fingerprint density at radius 1 is 1.24 bits per heavy atom. The van der Waals surface area contributed by atoms with E-state index in [1.807, 2.05) is 36.5 Å². The molecule has 0 amide bonds. The number of nitrogens with two attached hydrogens (primary N) is 1. The minimum Gasteiger partial charge on any atom is -0.480 e. The molecule has 0 aliphatic rings. The van der Waals surface area contributed by atoms with E-state index in [-0.39, 0.29) is 0 Å². The van der Waals surface area contributed by atoms with Gasteiger partial charge in [-0.1, -0.05) is 6.07 Å². The molecule has 2 aromatic heterocycles. The zero-order valence-electron chi connectivity index (χ0n) is 11.3. The smallest absolute Gasteiger partial charge is 0.320 e. The van der Waals surface area contributed by atoms with Crippen molar-refractivity contribution in [2.45, 2.75) is 12.5 Å². The lowest BCUT2D eigenvalue weighted by molar-refractivity contribution is -0.138. The fourth-order valence-corrected chi connectivity index (χ4v) is 2.40. The average molecular weight is 281 g/mol. The molecule has 0 aliphatic carbocycles. The number of benzene rings is 1. The van der Waals surface area contributed by atoms with Crippen LogP contribution in [0.25, 0.3) is 22.0 Å². The third-order valence-electron chi connectivity index (χ3n) is 3.54. The van der Waals surface area contributed by atoms with E-state index in [0.717, 1.165) is 27.6 Å². The number of rotatable bonds is 4. The van der Waals surface area contributed by atoms with E-state index in [0.29, 0.717) is 6.42 Å². The number of aliphatic carboxylic acids is 1. The van der Waals surface area contributed by atoms with E-state index in [1.165, 1.54) is 0 Å². The Hall–Kier alpha value is -2.66. The monoisotopic (exact) mass is 281 g/mol. The number of nitrogens with zero attached hydrogens (tertiary/aromatic N) is 1. The van der Waals surface area contributed by atoms with E-state index >= 15 is 0 Å². The molecule has 3 rings (SSSR count). The molecule has 5 nitrogen and oxygen atoms in total. The van der Waals surface area contributed by atoms with Crippen molar-refractivity contribution in [3.8, 4) is 11.1 Å². The van der Waals surface area contributed by atoms with Crippen LogP contribution >= 0.6 is 0 Å². The van der Waals surface area contributed by atoms with Crippen molar-refractivity contribution in [3.05, 3.63) is 54.5 Å². The number of pyridine rings is 1. The van der Waals surface area contributed by atoms with Gasteiger partial charge in [-0.25, -0.2) is 0 Å². The highest BCUT2D eigenvalue weighted by molar-refractivity contribution is 5.88. The second-order valence-electron chi connectivity index (χ2n) is 4.96. The molecule has 0 saturated carbocycles. The number of nitrogens with one attached hydrogen (secondary N) is 1. The minimum absolute atomic E-state index is 0.301. The van der Waals surface area contributed by atoms with Crippen LogP contribution in [0.4, 0.5) is 0 Å². The first-order valence-corrected chi connectivity index (χ1v) is 6.64. The summed E-state index contributed by atoms with van der Waals surface area (Å²) in [6.07, 6.45) is 5.62. The number of H-pyrrole nitrogens is 1. The quantitative estimate of drug-likeness (QED) is 0.683. The van der Waals surface area contributed by atoms with Gasteiger partial charge in [-0.15, -0.1) is 0 Å². The molecule has 1 unspecified atom stereocenters. The van der Waals surface area contributed by atoms with Gasteiger partial charge in [0.15, 0.2) is 0 Å². The molecule has 0 fully saturated rings. The van der Waals surface area contributed by atoms with Crippen molar-refractivity contribution in [2.24, 2.45) is 5.73 Å². The van der Waals surface area contributed by atoms with Crippen LogP contribution in [0.3, 0.4) is 0 Å². The summed E-state index contributed by atoms with van der Waals surface area (Å²) in [5.41, 5.74) is 9.65. The Morgan fingerprint density at radius 2 is 2.00 bits per heavy atom. The van der Waals surface area contributed by atoms with Crippen molar-refractivity contribution >= 4 is 16.9 Å². The van der Waals surface area contributed by atoms with Gasteiger partial charge >= 0.3 is 5.97 Å². The molecule has 21 heavy (non-hydrogen) atoms. The number of fused-ring (bicyclic) bond motifs is 1. The molecule has 2 heterocycles. The van der Waals surface area contributed by atoms with E-state index in [2.05, 4.69) is 9.97 Å². The van der Waals surface area contributed by atoms with Gasteiger partial charge in [-0.3, -0.25) is 9.78 Å². The van der Waals surface area contributed by atoms with Crippen LogP contribution in [0.1, 0.15) is 5.56 Å². The van der Waals surface area contributed by atoms with E-state index in [4.69, 9.17) is 10.8 Å². The summed E-state index contributed by atoms with van der Waals surface area (Å²) in [7, 11) is 0. The van der Waals surface area contributed by atoms with E-state index in [1.54, 1.807) is 12.4 Å². The highest BCUT2D eigenvalue weighted by Crippen LogP contribution is 2.26. The summed E-state index contributed by atoms with van der Waals surface area (Å²) in [6, 6.07) is 9.04. The topological polar surface area (TPSA) is 92.0 Å². The van der Waals surface area contributed by atoms with Crippen molar-refractivity contribution in [1.82, 2.24) is 9.97 Å². The van der Waals surface area contributed by atoms with Crippen LogP contribution in [0, 0.1) is 0 Å². The number of aromatic nitrogens is 2. The molecule has 4 N–H and O–H groups in total. The maximum Gasteiger partial charge on any atom is 0.320 e. The maximum absolute atomic E-state index is 10.9. The van der Waals surface area contributed by atoms with Gasteiger partial charge in [0.25, 0.3) is 0 Å². The largest absolute Gasteiger partial charge is 0.480 e. The first kappa shape index (κ1) is 13.3. The molecule has 0 radical (unpaired) electrons. The highest BCUT2D eigenvalue weighted by atomic mass is 16.4. The number of carboxylic acid groups (broad SMARTS) is 1. The fraction of sp³-hybridized carbons (Fsp3) is 0.125. The average Bonchev–Trinajstić information content (AvgIpc) is 2.90. The predicted octanol–water partition coefficient (Wildman–Crippen LogP) is 2.18. The summed E-state index contributed by atoms with van der Waals surface area (Å²) < 4.78 is 0. The first-order valence-electron chi connectivity index (χ1n) is 6.64.